The Morgan fingerprint density at radius 3 is 2.26 bits per heavy atom. The van der Waals surface area contributed by atoms with E-state index >= 15 is 0 Å². The zero-order valence-electron chi connectivity index (χ0n) is 18.0. The third kappa shape index (κ3) is 4.75. The molecule has 1 aromatic heterocycles. The van der Waals surface area contributed by atoms with Crippen LogP contribution in [0.25, 0.3) is 22.1 Å². The van der Waals surface area contributed by atoms with Gasteiger partial charge < -0.3 is 14.5 Å². The number of benzene rings is 3. The van der Waals surface area contributed by atoms with Crippen LogP contribution in [0.1, 0.15) is 11.1 Å². The Kier molecular flexibility index (Phi) is 7.10. The Morgan fingerprint density at radius 1 is 0.912 bits per heavy atom. The van der Waals surface area contributed by atoms with Crippen molar-refractivity contribution in [1.82, 2.24) is 0 Å². The second-order valence-electron chi connectivity index (χ2n) is 7.54. The van der Waals surface area contributed by atoms with E-state index in [4.69, 9.17) is 55.6 Å². The molecule has 0 aliphatic carbocycles. The normalized spacial score (nSPS) is 11.0. The van der Waals surface area contributed by atoms with Gasteiger partial charge in [0.1, 0.15) is 5.58 Å². The Morgan fingerprint density at radius 2 is 1.59 bits per heavy atom. The van der Waals surface area contributed by atoms with E-state index in [1.54, 1.807) is 50.2 Å². The third-order valence-electron chi connectivity index (χ3n) is 5.25. The van der Waals surface area contributed by atoms with Crippen molar-refractivity contribution < 1.29 is 13.9 Å². The smallest absolute Gasteiger partial charge is 0.344 e. The average Bonchev–Trinajstić information content (AvgIpc) is 2.81. The van der Waals surface area contributed by atoms with Crippen LogP contribution in [0.4, 0.5) is 5.69 Å². The largest absolute Gasteiger partial charge is 0.481 e. The fourth-order valence-corrected chi connectivity index (χ4v) is 4.54. The minimum atomic E-state index is -0.506. The van der Waals surface area contributed by atoms with E-state index in [0.29, 0.717) is 38.5 Å². The highest BCUT2D eigenvalue weighted by molar-refractivity contribution is 6.42. The molecule has 34 heavy (non-hydrogen) atoms. The number of para-hydroxylation sites is 1. The van der Waals surface area contributed by atoms with E-state index in [2.05, 4.69) is 5.32 Å². The number of rotatable bonds is 5. The van der Waals surface area contributed by atoms with Gasteiger partial charge in [-0.25, -0.2) is 4.79 Å². The number of hydrogen-bond donors (Lipinski definition) is 1. The molecule has 0 spiro atoms. The number of anilines is 1. The molecule has 0 aliphatic heterocycles. The molecule has 0 unspecified atom stereocenters. The molecular formula is C25H17Cl4NO4. The van der Waals surface area contributed by atoms with Crippen molar-refractivity contribution in [3.05, 3.63) is 90.2 Å². The SMILES string of the molecule is Cc1c(Cl)c(C)c(Cl)c(OCC(=O)Nc2ccc(-c3cc4ccccc4oc3=O)c(Cl)c2)c1Cl. The number of halogens is 4. The molecule has 0 atom stereocenters. The molecule has 9 heteroatoms. The summed E-state index contributed by atoms with van der Waals surface area (Å²) in [6.07, 6.45) is 0. The summed E-state index contributed by atoms with van der Waals surface area (Å²) >= 11 is 25.2. The zero-order chi connectivity index (χ0) is 24.6. The molecule has 4 rings (SSSR count). The second-order valence-corrected chi connectivity index (χ2v) is 9.08. The lowest BCUT2D eigenvalue weighted by Gasteiger charge is -2.15. The predicted octanol–water partition coefficient (Wildman–Crippen LogP) is 7.71. The van der Waals surface area contributed by atoms with Crippen LogP contribution in [0.3, 0.4) is 0 Å². The number of ether oxygens (including phenoxy) is 1. The number of nitrogens with one attached hydrogen (secondary N) is 1. The minimum absolute atomic E-state index is 0.189. The van der Waals surface area contributed by atoms with Crippen molar-refractivity contribution in [2.75, 3.05) is 11.9 Å². The fraction of sp³-hybridized carbons (Fsp3) is 0.120. The van der Waals surface area contributed by atoms with Crippen LogP contribution in [-0.2, 0) is 4.79 Å². The summed E-state index contributed by atoms with van der Waals surface area (Å²) in [4.78, 5) is 24.9. The van der Waals surface area contributed by atoms with Crippen molar-refractivity contribution in [3.8, 4) is 16.9 Å². The highest BCUT2D eigenvalue weighted by atomic mass is 35.5. The number of carbonyl (C=O) groups is 1. The molecule has 0 saturated carbocycles. The third-order valence-corrected chi connectivity index (χ3v) is 7.04. The maximum absolute atomic E-state index is 12.5. The maximum Gasteiger partial charge on any atom is 0.344 e. The first kappa shape index (κ1) is 24.4. The molecule has 1 amide bonds. The molecule has 1 N–H and O–H groups in total. The van der Waals surface area contributed by atoms with E-state index in [0.717, 1.165) is 5.39 Å². The predicted molar refractivity (Wildman–Crippen MR) is 138 cm³/mol. The summed E-state index contributed by atoms with van der Waals surface area (Å²) in [5.74, 6) is -0.263. The van der Waals surface area contributed by atoms with Crippen molar-refractivity contribution in [2.24, 2.45) is 0 Å². The summed E-state index contributed by atoms with van der Waals surface area (Å²) in [7, 11) is 0. The van der Waals surface area contributed by atoms with Gasteiger partial charge in [0, 0.05) is 21.7 Å². The number of fused-ring (bicyclic) bond motifs is 1. The monoisotopic (exact) mass is 535 g/mol. The van der Waals surface area contributed by atoms with Gasteiger partial charge in [0.05, 0.1) is 20.6 Å². The summed E-state index contributed by atoms with van der Waals surface area (Å²) in [5.41, 5.74) is 2.44. The van der Waals surface area contributed by atoms with E-state index in [1.165, 1.54) is 0 Å². The lowest BCUT2D eigenvalue weighted by molar-refractivity contribution is -0.118. The Labute approximate surface area is 215 Å². The molecule has 0 saturated heterocycles. The van der Waals surface area contributed by atoms with Crippen LogP contribution in [0.15, 0.2) is 57.7 Å². The van der Waals surface area contributed by atoms with E-state index in [-0.39, 0.29) is 27.4 Å². The maximum atomic E-state index is 12.5. The van der Waals surface area contributed by atoms with Crippen LogP contribution in [0.5, 0.6) is 5.75 Å². The molecule has 0 aliphatic rings. The number of hydrogen-bond acceptors (Lipinski definition) is 4. The first-order chi connectivity index (χ1) is 16.2. The van der Waals surface area contributed by atoms with E-state index in [1.807, 2.05) is 12.1 Å². The quantitative estimate of drug-likeness (QED) is 0.265. The van der Waals surface area contributed by atoms with E-state index < -0.39 is 11.5 Å². The fourth-order valence-electron chi connectivity index (χ4n) is 3.43. The summed E-state index contributed by atoms with van der Waals surface area (Å²) in [6.45, 7) is 3.13. The highest BCUT2D eigenvalue weighted by Crippen LogP contribution is 2.42. The van der Waals surface area contributed by atoms with Gasteiger partial charge in [-0.3, -0.25) is 4.79 Å². The summed E-state index contributed by atoms with van der Waals surface area (Å²) in [6, 6.07) is 13.7. The first-order valence-electron chi connectivity index (χ1n) is 10.1. The molecule has 4 aromatic rings. The molecule has 5 nitrogen and oxygen atoms in total. The lowest BCUT2D eigenvalue weighted by Crippen LogP contribution is -2.20. The minimum Gasteiger partial charge on any atom is -0.481 e. The lowest BCUT2D eigenvalue weighted by atomic mass is 10.1. The van der Waals surface area contributed by atoms with Gasteiger partial charge in [0.2, 0.25) is 0 Å². The second kappa shape index (κ2) is 9.88. The van der Waals surface area contributed by atoms with Crippen molar-refractivity contribution in [2.45, 2.75) is 13.8 Å². The Balaban J connectivity index is 1.51. The molecule has 174 valence electrons. The van der Waals surface area contributed by atoms with Gasteiger partial charge in [-0.2, -0.15) is 0 Å². The topological polar surface area (TPSA) is 68.5 Å². The van der Waals surface area contributed by atoms with Crippen LogP contribution in [0.2, 0.25) is 20.1 Å². The molecule has 0 radical (unpaired) electrons. The number of carbonyl (C=O) groups excluding carboxylic acids is 1. The molecule has 0 bridgehead atoms. The summed E-state index contributed by atoms with van der Waals surface area (Å²) < 4.78 is 11.0. The van der Waals surface area contributed by atoms with E-state index in [9.17, 15) is 9.59 Å². The zero-order valence-corrected chi connectivity index (χ0v) is 21.0. The van der Waals surface area contributed by atoms with Gasteiger partial charge in [-0.15, -0.1) is 0 Å². The molecule has 0 fully saturated rings. The number of amides is 1. The van der Waals surface area contributed by atoms with Gasteiger partial charge in [-0.05, 0) is 49.2 Å². The van der Waals surface area contributed by atoms with Crippen LogP contribution < -0.4 is 15.7 Å². The van der Waals surface area contributed by atoms with Crippen LogP contribution in [0, 0.1) is 13.8 Å². The Hall–Kier alpha value is -2.70. The summed E-state index contributed by atoms with van der Waals surface area (Å²) in [5, 5.41) is 4.68. The van der Waals surface area contributed by atoms with Crippen molar-refractivity contribution in [3.63, 3.8) is 0 Å². The van der Waals surface area contributed by atoms with Crippen LogP contribution >= 0.6 is 46.4 Å². The molecular weight excluding hydrogens is 520 g/mol. The first-order valence-corrected chi connectivity index (χ1v) is 11.6. The van der Waals surface area contributed by atoms with Gasteiger partial charge >= 0.3 is 5.63 Å². The molecule has 3 aromatic carbocycles. The van der Waals surface area contributed by atoms with Crippen LogP contribution in [-0.4, -0.2) is 12.5 Å². The average molecular weight is 537 g/mol. The van der Waals surface area contributed by atoms with Crippen molar-refractivity contribution >= 4 is 69.0 Å². The van der Waals surface area contributed by atoms with Gasteiger partial charge in [0.25, 0.3) is 5.91 Å². The highest BCUT2D eigenvalue weighted by Gasteiger charge is 2.19. The van der Waals surface area contributed by atoms with Gasteiger partial charge in [0.15, 0.2) is 12.4 Å². The standard InChI is InChI=1S/C25H17Cl4NO4/c1-12-21(27)13(2)23(29)24(22(12)28)33-11-20(31)30-15-7-8-16(18(26)10-15)17-9-14-5-3-4-6-19(14)34-25(17)32/h3-10H,11H2,1-2H3,(H,30,31). The van der Waals surface area contributed by atoms with Crippen molar-refractivity contribution in [1.29, 1.82) is 0 Å². The Bertz CT molecular complexity index is 1470. The molecule has 1 heterocycles. The van der Waals surface area contributed by atoms with Gasteiger partial charge in [-0.1, -0.05) is 70.7 Å².